The molecule has 0 unspecified atom stereocenters. The van der Waals surface area contributed by atoms with Gasteiger partial charge in [0.2, 0.25) is 0 Å². The molecule has 0 saturated carbocycles. The molecule has 1 aromatic carbocycles. The zero-order chi connectivity index (χ0) is 14.8. The van der Waals surface area contributed by atoms with Crippen LogP contribution in [-0.4, -0.2) is 44.7 Å². The summed E-state index contributed by atoms with van der Waals surface area (Å²) in [6.07, 6.45) is 2.24. The predicted octanol–water partition coefficient (Wildman–Crippen LogP) is 2.99. The molecule has 0 amide bonds. The summed E-state index contributed by atoms with van der Waals surface area (Å²) in [5, 5.41) is 0.711. The number of esters is 1. The maximum atomic E-state index is 11.0. The first-order valence-corrected chi connectivity index (χ1v) is 7.13. The maximum absolute atomic E-state index is 11.0. The lowest BCUT2D eigenvalue weighted by Crippen LogP contribution is -2.23. The van der Waals surface area contributed by atoms with Crippen LogP contribution < -0.4 is 4.74 Å². The van der Waals surface area contributed by atoms with Gasteiger partial charge in [0.1, 0.15) is 5.75 Å². The molecule has 0 atom stereocenters. The third-order valence-electron chi connectivity index (χ3n) is 2.91. The van der Waals surface area contributed by atoms with Crippen molar-refractivity contribution in [3.05, 3.63) is 29.3 Å². The largest absolute Gasteiger partial charge is 0.494 e. The zero-order valence-corrected chi connectivity index (χ0v) is 12.9. The van der Waals surface area contributed by atoms with E-state index in [0.29, 0.717) is 18.1 Å². The standard InChI is InChI=1S/C15H22ClNO3/c1-17(10-3-5-15(18)19-2)11-4-12-20-14-8-6-13(16)7-9-14/h6-9H,3-5,10-12H2,1-2H3. The van der Waals surface area contributed by atoms with Crippen LogP contribution in [0.3, 0.4) is 0 Å². The van der Waals surface area contributed by atoms with Crippen molar-refractivity contribution in [3.8, 4) is 5.75 Å². The highest BCUT2D eigenvalue weighted by Gasteiger charge is 2.03. The van der Waals surface area contributed by atoms with E-state index >= 15 is 0 Å². The number of halogens is 1. The lowest BCUT2D eigenvalue weighted by Gasteiger charge is -2.16. The molecule has 5 heteroatoms. The second-order valence-electron chi connectivity index (χ2n) is 4.64. The molecule has 0 radical (unpaired) electrons. The Bertz CT molecular complexity index is 395. The second-order valence-corrected chi connectivity index (χ2v) is 5.08. The Morgan fingerprint density at radius 3 is 2.50 bits per heavy atom. The zero-order valence-electron chi connectivity index (χ0n) is 12.1. The Kier molecular flexibility index (Phi) is 8.07. The Balaban J connectivity index is 2.05. The minimum Gasteiger partial charge on any atom is -0.494 e. The molecule has 20 heavy (non-hydrogen) atoms. The fraction of sp³-hybridized carbons (Fsp3) is 0.533. The van der Waals surface area contributed by atoms with Crippen molar-refractivity contribution in [2.75, 3.05) is 33.9 Å². The third-order valence-corrected chi connectivity index (χ3v) is 3.17. The number of hydrogen-bond donors (Lipinski definition) is 0. The van der Waals surface area contributed by atoms with Gasteiger partial charge in [0.25, 0.3) is 0 Å². The summed E-state index contributed by atoms with van der Waals surface area (Å²) < 4.78 is 10.2. The molecule has 1 aromatic rings. The normalized spacial score (nSPS) is 10.6. The van der Waals surface area contributed by atoms with Gasteiger partial charge in [-0.2, -0.15) is 0 Å². The number of methoxy groups -OCH3 is 1. The first-order chi connectivity index (χ1) is 9.61. The van der Waals surface area contributed by atoms with Crippen molar-refractivity contribution < 1.29 is 14.3 Å². The van der Waals surface area contributed by atoms with Crippen molar-refractivity contribution in [3.63, 3.8) is 0 Å². The van der Waals surface area contributed by atoms with Crippen LogP contribution in [0.1, 0.15) is 19.3 Å². The average molecular weight is 300 g/mol. The van der Waals surface area contributed by atoms with Crippen LogP contribution in [-0.2, 0) is 9.53 Å². The molecule has 0 bridgehead atoms. The van der Waals surface area contributed by atoms with E-state index in [-0.39, 0.29) is 5.97 Å². The van der Waals surface area contributed by atoms with E-state index < -0.39 is 0 Å². The summed E-state index contributed by atoms with van der Waals surface area (Å²) in [5.74, 6) is 0.687. The molecule has 1 rings (SSSR count). The van der Waals surface area contributed by atoms with Gasteiger partial charge in [0.05, 0.1) is 13.7 Å². The fourth-order valence-corrected chi connectivity index (χ4v) is 1.89. The molecule has 0 aliphatic carbocycles. The quantitative estimate of drug-likeness (QED) is 0.519. The minimum absolute atomic E-state index is 0.149. The predicted molar refractivity (Wildman–Crippen MR) is 80.3 cm³/mol. The molecule has 0 heterocycles. The van der Waals surface area contributed by atoms with Crippen molar-refractivity contribution >= 4 is 17.6 Å². The Morgan fingerprint density at radius 2 is 1.85 bits per heavy atom. The van der Waals surface area contributed by atoms with Gasteiger partial charge >= 0.3 is 5.97 Å². The Hall–Kier alpha value is -1.26. The van der Waals surface area contributed by atoms with Gasteiger partial charge in [-0.3, -0.25) is 4.79 Å². The topological polar surface area (TPSA) is 38.8 Å². The Labute approximate surface area is 125 Å². The summed E-state index contributed by atoms with van der Waals surface area (Å²) in [5.41, 5.74) is 0. The van der Waals surface area contributed by atoms with Crippen LogP contribution in [0, 0.1) is 0 Å². The van der Waals surface area contributed by atoms with Crippen LogP contribution in [0.25, 0.3) is 0 Å². The average Bonchev–Trinajstić information content (AvgIpc) is 2.45. The number of ether oxygens (including phenoxy) is 2. The van der Waals surface area contributed by atoms with E-state index in [4.69, 9.17) is 16.3 Å². The fourth-order valence-electron chi connectivity index (χ4n) is 1.76. The monoisotopic (exact) mass is 299 g/mol. The molecular formula is C15H22ClNO3. The maximum Gasteiger partial charge on any atom is 0.305 e. The van der Waals surface area contributed by atoms with Crippen LogP contribution >= 0.6 is 11.6 Å². The summed E-state index contributed by atoms with van der Waals surface area (Å²) in [4.78, 5) is 13.2. The molecule has 0 saturated heterocycles. The van der Waals surface area contributed by atoms with E-state index in [2.05, 4.69) is 9.64 Å². The van der Waals surface area contributed by atoms with E-state index in [9.17, 15) is 4.79 Å². The third kappa shape index (κ3) is 7.36. The number of hydrogen-bond acceptors (Lipinski definition) is 4. The molecule has 0 spiro atoms. The van der Waals surface area contributed by atoms with Gasteiger partial charge in [-0.15, -0.1) is 0 Å². The minimum atomic E-state index is -0.149. The highest BCUT2D eigenvalue weighted by Crippen LogP contribution is 2.15. The van der Waals surface area contributed by atoms with Crippen molar-refractivity contribution in [2.24, 2.45) is 0 Å². The van der Waals surface area contributed by atoms with Crippen molar-refractivity contribution in [1.82, 2.24) is 4.90 Å². The van der Waals surface area contributed by atoms with Gasteiger partial charge in [-0.25, -0.2) is 0 Å². The van der Waals surface area contributed by atoms with Crippen LogP contribution in [0.5, 0.6) is 5.75 Å². The Morgan fingerprint density at radius 1 is 1.20 bits per heavy atom. The number of carbonyl (C=O) groups excluding carboxylic acids is 1. The summed E-state index contributed by atoms with van der Waals surface area (Å²) >= 11 is 5.80. The van der Waals surface area contributed by atoms with E-state index in [1.54, 1.807) is 0 Å². The number of rotatable bonds is 9. The first kappa shape index (κ1) is 16.8. The molecular weight excluding hydrogens is 278 g/mol. The molecule has 4 nitrogen and oxygen atoms in total. The first-order valence-electron chi connectivity index (χ1n) is 6.75. The summed E-state index contributed by atoms with van der Waals surface area (Å²) in [6.45, 7) is 2.49. The van der Waals surface area contributed by atoms with Gasteiger partial charge in [0, 0.05) is 18.0 Å². The van der Waals surface area contributed by atoms with Crippen LogP contribution in [0.4, 0.5) is 0 Å². The van der Waals surface area contributed by atoms with Crippen molar-refractivity contribution in [1.29, 1.82) is 0 Å². The van der Waals surface area contributed by atoms with Gasteiger partial charge in [-0.1, -0.05) is 11.6 Å². The highest BCUT2D eigenvalue weighted by molar-refractivity contribution is 6.30. The van der Waals surface area contributed by atoms with E-state index in [0.717, 1.165) is 31.7 Å². The van der Waals surface area contributed by atoms with Gasteiger partial charge < -0.3 is 14.4 Å². The number of nitrogens with zero attached hydrogens (tertiary/aromatic N) is 1. The van der Waals surface area contributed by atoms with Gasteiger partial charge in [-0.05, 0) is 50.7 Å². The van der Waals surface area contributed by atoms with E-state index in [1.165, 1.54) is 7.11 Å². The number of benzene rings is 1. The highest BCUT2D eigenvalue weighted by atomic mass is 35.5. The lowest BCUT2D eigenvalue weighted by molar-refractivity contribution is -0.140. The SMILES string of the molecule is COC(=O)CCCN(C)CCCOc1ccc(Cl)cc1. The molecule has 0 aliphatic rings. The molecule has 0 fully saturated rings. The summed E-state index contributed by atoms with van der Waals surface area (Å²) in [6, 6.07) is 7.36. The molecule has 0 N–H and O–H groups in total. The van der Waals surface area contributed by atoms with Gasteiger partial charge in [0.15, 0.2) is 0 Å². The van der Waals surface area contributed by atoms with Crippen LogP contribution in [0.15, 0.2) is 24.3 Å². The van der Waals surface area contributed by atoms with Crippen molar-refractivity contribution in [2.45, 2.75) is 19.3 Å². The van der Waals surface area contributed by atoms with E-state index in [1.807, 2.05) is 31.3 Å². The smallest absolute Gasteiger partial charge is 0.305 e. The lowest BCUT2D eigenvalue weighted by atomic mass is 10.3. The summed E-state index contributed by atoms with van der Waals surface area (Å²) in [7, 11) is 3.46. The van der Waals surface area contributed by atoms with Crippen LogP contribution in [0.2, 0.25) is 5.02 Å². The molecule has 0 aliphatic heterocycles. The molecule has 112 valence electrons. The second kappa shape index (κ2) is 9.61. The number of carbonyl (C=O) groups is 1. The molecule has 0 aromatic heterocycles.